The van der Waals surface area contributed by atoms with E-state index in [0.717, 1.165) is 17.2 Å². The summed E-state index contributed by atoms with van der Waals surface area (Å²) in [6, 6.07) is 22.5. The number of halogens is 2. The minimum atomic E-state index is -1.20. The third kappa shape index (κ3) is 4.53. The largest absolute Gasteiger partial charge is 0.486 e. The fraction of sp³-hybridized carbons (Fsp3) is 0.188. The quantitative estimate of drug-likeness (QED) is 0.333. The third-order valence-electron chi connectivity index (χ3n) is 7.56. The summed E-state index contributed by atoms with van der Waals surface area (Å²) in [4.78, 5) is 28.7. The molecular weight excluding hydrogens is 528 g/mol. The van der Waals surface area contributed by atoms with Gasteiger partial charge < -0.3 is 14.4 Å². The van der Waals surface area contributed by atoms with Crippen LogP contribution in [-0.4, -0.2) is 35.3 Å². The number of fused-ring (bicyclic) bond motifs is 5. The van der Waals surface area contributed by atoms with Crippen molar-refractivity contribution in [3.8, 4) is 11.5 Å². The number of carbonyl (C=O) groups excluding carboxylic acids is 1. The molecule has 1 aromatic heterocycles. The van der Waals surface area contributed by atoms with Crippen molar-refractivity contribution >= 4 is 5.91 Å². The van der Waals surface area contributed by atoms with E-state index >= 15 is 4.39 Å². The number of carbonyl (C=O) groups is 1. The Balaban J connectivity index is 1.61. The molecule has 1 amide bonds. The second-order valence-corrected chi connectivity index (χ2v) is 10.0. The van der Waals surface area contributed by atoms with Gasteiger partial charge in [-0.3, -0.25) is 19.3 Å². The first-order valence-electron chi connectivity index (χ1n) is 13.2. The molecule has 0 unspecified atom stereocenters. The highest BCUT2D eigenvalue weighted by atomic mass is 19.2. The summed E-state index contributed by atoms with van der Waals surface area (Å²) in [5.74, 6) is -2.85. The molecule has 0 spiro atoms. The fourth-order valence-electron chi connectivity index (χ4n) is 5.38. The van der Waals surface area contributed by atoms with Gasteiger partial charge in [0.25, 0.3) is 5.91 Å². The molecule has 9 heteroatoms. The number of hydrogen-bond donors (Lipinski definition) is 0. The van der Waals surface area contributed by atoms with Gasteiger partial charge in [0.15, 0.2) is 23.0 Å². The van der Waals surface area contributed by atoms with Crippen LogP contribution in [0.4, 0.5) is 8.78 Å². The van der Waals surface area contributed by atoms with Crippen molar-refractivity contribution in [3.05, 3.63) is 141 Å². The van der Waals surface area contributed by atoms with Crippen LogP contribution in [0.5, 0.6) is 11.5 Å². The van der Waals surface area contributed by atoms with E-state index in [1.54, 1.807) is 21.7 Å². The number of amides is 1. The van der Waals surface area contributed by atoms with E-state index in [1.807, 2.05) is 72.6 Å². The van der Waals surface area contributed by atoms with Crippen LogP contribution in [0.15, 0.2) is 102 Å². The van der Waals surface area contributed by atoms with E-state index in [2.05, 4.69) is 0 Å². The SMILES string of the molecule is C[C@@]1(c2ccccc2)c2ccc(F)c(F)c2OC/C=C\CN2CN1n1ccc(=O)c(OCc3ccccc3)c1C2=O. The lowest BCUT2D eigenvalue weighted by molar-refractivity contribution is 0.0681. The van der Waals surface area contributed by atoms with Crippen LogP contribution in [0.2, 0.25) is 0 Å². The molecular formula is C32H27F2N3O4. The Labute approximate surface area is 235 Å². The van der Waals surface area contributed by atoms with Gasteiger partial charge in [-0.15, -0.1) is 0 Å². The standard InChI is InChI=1S/C32H27F2N3O4/c1-32(23-12-6-3-7-13-23)24-14-15-25(33)27(34)29(24)40-19-9-8-17-35-21-37(32)36-18-16-26(38)30(28(36)31(35)39)41-20-22-10-4-2-5-11-22/h2-16,18H,17,19-21H2,1H3/b9-8-/t32-/m1/s1. The van der Waals surface area contributed by atoms with Gasteiger partial charge in [0.1, 0.15) is 25.4 Å². The molecule has 7 nitrogen and oxygen atoms in total. The van der Waals surface area contributed by atoms with Gasteiger partial charge in [0.05, 0.1) is 0 Å². The topological polar surface area (TPSA) is 64.0 Å². The zero-order chi connectivity index (χ0) is 28.6. The molecule has 41 heavy (non-hydrogen) atoms. The average Bonchev–Trinajstić information content (AvgIpc) is 3.02. The van der Waals surface area contributed by atoms with Crippen molar-refractivity contribution in [2.24, 2.45) is 0 Å². The summed E-state index contributed by atoms with van der Waals surface area (Å²) in [5.41, 5.74) is 0.310. The van der Waals surface area contributed by atoms with Crippen molar-refractivity contribution in [3.63, 3.8) is 0 Å². The van der Waals surface area contributed by atoms with E-state index in [0.29, 0.717) is 5.56 Å². The van der Waals surface area contributed by atoms with Gasteiger partial charge in [0.2, 0.25) is 11.2 Å². The predicted molar refractivity (Wildman–Crippen MR) is 149 cm³/mol. The van der Waals surface area contributed by atoms with E-state index in [-0.39, 0.29) is 43.6 Å². The highest BCUT2D eigenvalue weighted by Crippen LogP contribution is 2.43. The number of hydrogen-bond acceptors (Lipinski definition) is 5. The number of pyridine rings is 1. The number of aromatic nitrogens is 1. The van der Waals surface area contributed by atoms with Gasteiger partial charge >= 0.3 is 0 Å². The van der Waals surface area contributed by atoms with Crippen LogP contribution in [0.3, 0.4) is 0 Å². The van der Waals surface area contributed by atoms with E-state index in [1.165, 1.54) is 18.3 Å². The molecule has 1 atom stereocenters. The van der Waals surface area contributed by atoms with Crippen molar-refractivity contribution < 1.29 is 23.0 Å². The summed E-state index contributed by atoms with van der Waals surface area (Å²) in [6.07, 6.45) is 4.88. The summed E-state index contributed by atoms with van der Waals surface area (Å²) < 4.78 is 43.3. The fourth-order valence-corrected chi connectivity index (χ4v) is 5.38. The van der Waals surface area contributed by atoms with Gasteiger partial charge in [-0.25, -0.2) is 4.39 Å². The first kappa shape index (κ1) is 26.3. The molecule has 0 saturated heterocycles. The lowest BCUT2D eigenvalue weighted by atomic mass is 9.83. The lowest BCUT2D eigenvalue weighted by Gasteiger charge is -2.49. The van der Waals surface area contributed by atoms with Gasteiger partial charge in [-0.1, -0.05) is 66.7 Å². The maximum atomic E-state index is 15.4. The van der Waals surface area contributed by atoms with Crippen molar-refractivity contribution in [1.29, 1.82) is 0 Å². The molecule has 208 valence electrons. The van der Waals surface area contributed by atoms with E-state index < -0.39 is 28.5 Å². The third-order valence-corrected chi connectivity index (χ3v) is 7.56. The monoisotopic (exact) mass is 555 g/mol. The van der Waals surface area contributed by atoms with Crippen molar-refractivity contribution in [2.45, 2.75) is 19.1 Å². The van der Waals surface area contributed by atoms with Crippen molar-refractivity contribution in [2.75, 3.05) is 24.8 Å². The zero-order valence-corrected chi connectivity index (χ0v) is 22.3. The Morgan fingerprint density at radius 3 is 2.41 bits per heavy atom. The molecule has 6 rings (SSSR count). The molecule has 0 saturated carbocycles. The van der Waals surface area contributed by atoms with Gasteiger partial charge in [-0.2, -0.15) is 4.39 Å². The first-order chi connectivity index (χ1) is 19.9. The summed E-state index contributed by atoms with van der Waals surface area (Å²) >= 11 is 0. The predicted octanol–water partition coefficient (Wildman–Crippen LogP) is 4.97. The zero-order valence-electron chi connectivity index (χ0n) is 22.3. The van der Waals surface area contributed by atoms with Crippen LogP contribution < -0.4 is 19.9 Å². The van der Waals surface area contributed by atoms with Crippen LogP contribution in [0, 0.1) is 11.6 Å². The van der Waals surface area contributed by atoms with Gasteiger partial charge in [0, 0.05) is 24.4 Å². The van der Waals surface area contributed by atoms with Crippen molar-refractivity contribution in [1.82, 2.24) is 9.58 Å². The van der Waals surface area contributed by atoms with Crippen LogP contribution in [-0.2, 0) is 12.1 Å². The molecule has 0 N–H and O–H groups in total. The summed E-state index contributed by atoms with van der Waals surface area (Å²) in [6.45, 7) is 2.17. The molecule has 3 heterocycles. The normalized spacial score (nSPS) is 19.0. The van der Waals surface area contributed by atoms with E-state index in [4.69, 9.17) is 9.47 Å². The molecule has 0 aliphatic carbocycles. The summed E-state index contributed by atoms with van der Waals surface area (Å²) in [7, 11) is 0. The van der Waals surface area contributed by atoms with Crippen LogP contribution >= 0.6 is 0 Å². The van der Waals surface area contributed by atoms with Crippen LogP contribution in [0.25, 0.3) is 0 Å². The number of ether oxygens (including phenoxy) is 2. The number of benzene rings is 3. The Morgan fingerprint density at radius 1 is 0.927 bits per heavy atom. The second kappa shape index (κ2) is 10.6. The molecule has 0 fully saturated rings. The number of nitrogens with zero attached hydrogens (tertiary/aromatic N) is 3. The maximum absolute atomic E-state index is 15.4. The molecule has 2 aliphatic rings. The Bertz CT molecular complexity index is 1690. The Kier molecular flexibility index (Phi) is 6.78. The smallest absolute Gasteiger partial charge is 0.278 e. The van der Waals surface area contributed by atoms with Gasteiger partial charge in [-0.05, 0) is 36.3 Å². The number of rotatable bonds is 4. The molecule has 4 aromatic rings. The molecule has 3 aromatic carbocycles. The first-order valence-corrected chi connectivity index (χ1v) is 13.2. The lowest BCUT2D eigenvalue weighted by Crippen LogP contribution is -2.61. The highest BCUT2D eigenvalue weighted by molar-refractivity contribution is 5.96. The minimum Gasteiger partial charge on any atom is -0.486 e. The summed E-state index contributed by atoms with van der Waals surface area (Å²) in [5, 5.41) is 1.84. The highest BCUT2D eigenvalue weighted by Gasteiger charge is 2.45. The van der Waals surface area contributed by atoms with Crippen LogP contribution in [0.1, 0.15) is 34.1 Å². The minimum absolute atomic E-state index is 0.0312. The Morgan fingerprint density at radius 2 is 1.66 bits per heavy atom. The molecule has 2 bridgehead atoms. The second-order valence-electron chi connectivity index (χ2n) is 10.0. The molecule has 0 radical (unpaired) electrons. The van der Waals surface area contributed by atoms with E-state index in [9.17, 15) is 14.0 Å². The maximum Gasteiger partial charge on any atom is 0.278 e. The average molecular weight is 556 g/mol. The Hall–Kier alpha value is -4.92. The molecule has 2 aliphatic heterocycles.